The molecule has 52 valence electrons. The molecular weight excluding hydrogens is 127 g/mol. The molecule has 0 amide bonds. The Hall–Kier alpha value is -0.0182. The molecule has 0 saturated carbocycles. The van der Waals surface area contributed by atoms with E-state index in [1.54, 1.807) is 6.08 Å². The van der Waals surface area contributed by atoms with E-state index in [0.29, 0.717) is 6.61 Å². The first-order chi connectivity index (χ1) is 4.06. The lowest BCUT2D eigenvalue weighted by Gasteiger charge is -2.12. The van der Waals surface area contributed by atoms with Crippen molar-refractivity contribution in [2.45, 2.75) is 19.6 Å². The van der Waals surface area contributed by atoms with Crippen LogP contribution in [0.25, 0.3) is 0 Å². The maximum Gasteiger partial charge on any atom is 0.262 e. The summed E-state index contributed by atoms with van der Waals surface area (Å²) in [6, 6.07) is 0. The summed E-state index contributed by atoms with van der Waals surface area (Å²) in [5.74, 6) is 0. The van der Waals surface area contributed by atoms with E-state index < -0.39 is 7.94 Å². The smallest absolute Gasteiger partial charge is 0.262 e. The second-order valence-electron chi connectivity index (χ2n) is 3.36. The van der Waals surface area contributed by atoms with Crippen LogP contribution < -0.4 is 0 Å². The highest BCUT2D eigenvalue weighted by Gasteiger charge is 2.14. The van der Waals surface area contributed by atoms with Crippen molar-refractivity contribution in [2.24, 2.45) is 0 Å². The van der Waals surface area contributed by atoms with Gasteiger partial charge in [-0.25, -0.2) is 0 Å². The van der Waals surface area contributed by atoms with Crippen LogP contribution in [0.4, 0.5) is 0 Å². The van der Waals surface area contributed by atoms with Gasteiger partial charge >= 0.3 is 0 Å². The molecule has 9 heavy (non-hydrogen) atoms. The molecule has 3 heteroatoms. The second-order valence-corrected chi connectivity index (χ2v) is 8.77. The Balaban J connectivity index is 3.17. The Morgan fingerprint density at radius 2 is 2.11 bits per heavy atom. The van der Waals surface area contributed by atoms with Crippen LogP contribution in [-0.4, -0.2) is 21.6 Å². The van der Waals surface area contributed by atoms with Crippen LogP contribution in [-0.2, 0) is 4.65 Å². The van der Waals surface area contributed by atoms with Gasteiger partial charge in [-0.1, -0.05) is 25.7 Å². The molecule has 0 rings (SSSR count). The van der Waals surface area contributed by atoms with Crippen LogP contribution >= 0.6 is 0 Å². The summed E-state index contributed by atoms with van der Waals surface area (Å²) < 4.78 is 5.29. The quantitative estimate of drug-likeness (QED) is 0.327. The van der Waals surface area contributed by atoms with Crippen molar-refractivity contribution in [3.8, 4) is 0 Å². The minimum absolute atomic E-state index is 0.699. The molecule has 0 aromatic carbocycles. The first-order valence-electron chi connectivity index (χ1n) is 3.25. The Labute approximate surface area is 59.3 Å². The van der Waals surface area contributed by atoms with E-state index in [1.165, 1.54) is 0 Å². The predicted molar refractivity (Wildman–Crippen MR) is 46.6 cm³/mol. The standard InChI is InChI=1S/C6H15BOSi/c1-5-6-8-7-9(2,3)4/h5,7H,1,6H2,2-4H3. The maximum atomic E-state index is 5.29. The Kier molecular flexibility index (Phi) is 3.90. The molecule has 0 bridgehead atoms. The zero-order valence-electron chi connectivity index (χ0n) is 6.61. The van der Waals surface area contributed by atoms with E-state index in [9.17, 15) is 0 Å². The normalized spacial score (nSPS) is 11.0. The van der Waals surface area contributed by atoms with Crippen molar-refractivity contribution in [1.82, 2.24) is 0 Å². The van der Waals surface area contributed by atoms with Gasteiger partial charge in [0.15, 0.2) is 0 Å². The Bertz CT molecular complexity index is 87.5. The lowest BCUT2D eigenvalue weighted by Crippen LogP contribution is -2.32. The average Bonchev–Trinajstić information content (AvgIpc) is 1.63. The van der Waals surface area contributed by atoms with Gasteiger partial charge in [0, 0.05) is 14.6 Å². The summed E-state index contributed by atoms with van der Waals surface area (Å²) >= 11 is 0. The van der Waals surface area contributed by atoms with Crippen LogP contribution in [0.1, 0.15) is 0 Å². The summed E-state index contributed by atoms with van der Waals surface area (Å²) in [4.78, 5) is 0. The van der Waals surface area contributed by atoms with Gasteiger partial charge in [0.1, 0.15) is 0 Å². The molecule has 0 radical (unpaired) electrons. The van der Waals surface area contributed by atoms with E-state index >= 15 is 0 Å². The summed E-state index contributed by atoms with van der Waals surface area (Å²) in [7, 11) is -0.0210. The van der Waals surface area contributed by atoms with Crippen LogP contribution in [0, 0.1) is 0 Å². The van der Waals surface area contributed by atoms with Gasteiger partial charge in [-0.15, -0.1) is 6.58 Å². The first kappa shape index (κ1) is 8.98. The zero-order chi connectivity index (χ0) is 7.33. The lowest BCUT2D eigenvalue weighted by molar-refractivity contribution is 0.395. The summed E-state index contributed by atoms with van der Waals surface area (Å²) in [6.07, 6.45) is 1.79. The SMILES string of the molecule is C=CCOB[Si](C)(C)C. The van der Waals surface area contributed by atoms with Gasteiger partial charge in [0.2, 0.25) is 0 Å². The third kappa shape index (κ3) is 7.98. The third-order valence-corrected chi connectivity index (χ3v) is 1.84. The fraction of sp³-hybridized carbons (Fsp3) is 0.667. The molecule has 0 fully saturated rings. The molecule has 0 aliphatic carbocycles. The Morgan fingerprint density at radius 1 is 1.56 bits per heavy atom. The summed E-state index contributed by atoms with van der Waals surface area (Å²) in [5, 5.41) is 0. The van der Waals surface area contributed by atoms with Crippen molar-refractivity contribution < 1.29 is 4.65 Å². The van der Waals surface area contributed by atoms with Gasteiger partial charge in [0.25, 0.3) is 7.07 Å². The highest BCUT2D eigenvalue weighted by molar-refractivity contribution is 7.20. The molecule has 0 aromatic heterocycles. The van der Waals surface area contributed by atoms with Gasteiger partial charge in [-0.05, 0) is 0 Å². The van der Waals surface area contributed by atoms with Crippen molar-refractivity contribution in [3.05, 3.63) is 12.7 Å². The van der Waals surface area contributed by atoms with E-state index in [1.807, 2.05) is 0 Å². The monoisotopic (exact) mass is 142 g/mol. The van der Waals surface area contributed by atoms with Gasteiger partial charge < -0.3 is 4.65 Å². The minimum Gasteiger partial charge on any atom is -0.440 e. The van der Waals surface area contributed by atoms with Crippen molar-refractivity contribution >= 4 is 15.0 Å². The van der Waals surface area contributed by atoms with E-state index in [-0.39, 0.29) is 0 Å². The molecule has 0 saturated heterocycles. The molecular formula is C6H15BOSi. The molecule has 0 spiro atoms. The second kappa shape index (κ2) is 3.90. The molecule has 0 aliphatic heterocycles. The lowest BCUT2D eigenvalue weighted by atomic mass is 10.5. The molecule has 0 aromatic rings. The van der Waals surface area contributed by atoms with Gasteiger partial charge in [0.05, 0.1) is 0 Å². The summed E-state index contributed by atoms with van der Waals surface area (Å²) in [5.41, 5.74) is 0. The number of rotatable bonds is 4. The van der Waals surface area contributed by atoms with Crippen molar-refractivity contribution in [2.75, 3.05) is 6.61 Å². The van der Waals surface area contributed by atoms with Crippen LogP contribution in [0.3, 0.4) is 0 Å². The molecule has 0 heterocycles. The highest BCUT2D eigenvalue weighted by atomic mass is 28.3. The topological polar surface area (TPSA) is 9.23 Å². The van der Waals surface area contributed by atoms with Crippen LogP contribution in [0.2, 0.25) is 19.6 Å². The number of hydrogen-bond acceptors (Lipinski definition) is 1. The van der Waals surface area contributed by atoms with E-state index in [4.69, 9.17) is 4.65 Å². The van der Waals surface area contributed by atoms with Gasteiger partial charge in [-0.2, -0.15) is 0 Å². The van der Waals surface area contributed by atoms with E-state index in [2.05, 4.69) is 26.2 Å². The average molecular weight is 142 g/mol. The first-order valence-corrected chi connectivity index (χ1v) is 6.95. The Morgan fingerprint density at radius 3 is 2.44 bits per heavy atom. The van der Waals surface area contributed by atoms with Gasteiger partial charge in [-0.3, -0.25) is 0 Å². The van der Waals surface area contributed by atoms with Crippen LogP contribution in [0.5, 0.6) is 0 Å². The molecule has 0 atom stereocenters. The molecule has 0 aliphatic rings. The fourth-order valence-electron chi connectivity index (χ4n) is 0.448. The van der Waals surface area contributed by atoms with Crippen molar-refractivity contribution in [1.29, 1.82) is 0 Å². The minimum atomic E-state index is -0.964. The summed E-state index contributed by atoms with van der Waals surface area (Å²) in [6.45, 7) is 11.1. The maximum absolute atomic E-state index is 5.29. The zero-order valence-corrected chi connectivity index (χ0v) is 7.61. The van der Waals surface area contributed by atoms with Crippen LogP contribution in [0.15, 0.2) is 12.7 Å². The fourth-order valence-corrected chi connectivity index (χ4v) is 1.18. The molecule has 0 unspecified atom stereocenters. The van der Waals surface area contributed by atoms with E-state index in [0.717, 1.165) is 7.07 Å². The molecule has 1 nitrogen and oxygen atoms in total. The highest BCUT2D eigenvalue weighted by Crippen LogP contribution is 1.96. The molecule has 0 N–H and O–H groups in total. The predicted octanol–water partition coefficient (Wildman–Crippen LogP) is 1.38. The third-order valence-electron chi connectivity index (χ3n) is 0.771. The number of hydrogen-bond donors (Lipinski definition) is 0. The largest absolute Gasteiger partial charge is 0.440 e. The van der Waals surface area contributed by atoms with Crippen molar-refractivity contribution in [3.63, 3.8) is 0 Å².